The molecule has 7 nitrogen and oxygen atoms in total. The summed E-state index contributed by atoms with van der Waals surface area (Å²) in [6.07, 6.45) is 7.72. The Hall–Kier alpha value is -1.34. The standard InChI is InChI=1S/C21H37N5O2/c1-3-28-18-15-17(21(18)7-6-8-21)23-20(22-2)26-13-11-24(12-14-26)16-19(27)25-9-4-5-10-25/h17-18H,3-16H2,1-2H3,(H,22,23). The maximum atomic E-state index is 12.4. The van der Waals surface area contributed by atoms with Gasteiger partial charge in [-0.1, -0.05) is 6.42 Å². The minimum absolute atomic E-state index is 0.303. The molecule has 2 aliphatic heterocycles. The highest BCUT2D eigenvalue weighted by atomic mass is 16.5. The molecule has 2 aliphatic carbocycles. The Labute approximate surface area is 169 Å². The molecule has 158 valence electrons. The number of piperazine rings is 1. The summed E-state index contributed by atoms with van der Waals surface area (Å²) in [5, 5.41) is 3.76. The fraction of sp³-hybridized carbons (Fsp3) is 0.905. The fourth-order valence-electron chi connectivity index (χ4n) is 5.47. The van der Waals surface area contributed by atoms with Crippen LogP contribution in [0.2, 0.25) is 0 Å². The summed E-state index contributed by atoms with van der Waals surface area (Å²) in [6.45, 7) is 9.09. The number of ether oxygens (including phenoxy) is 1. The molecule has 4 fully saturated rings. The van der Waals surface area contributed by atoms with E-state index in [2.05, 4.69) is 27.0 Å². The van der Waals surface area contributed by atoms with Crippen LogP contribution >= 0.6 is 0 Å². The highest BCUT2D eigenvalue weighted by Gasteiger charge is 2.59. The van der Waals surface area contributed by atoms with E-state index in [1.807, 2.05) is 11.9 Å². The van der Waals surface area contributed by atoms with Gasteiger partial charge in [0.05, 0.1) is 12.6 Å². The number of nitrogens with zero attached hydrogens (tertiary/aromatic N) is 4. The molecule has 0 radical (unpaired) electrons. The second-order valence-electron chi connectivity index (χ2n) is 8.86. The van der Waals surface area contributed by atoms with E-state index in [1.54, 1.807) is 0 Å². The number of amides is 1. The first-order valence-corrected chi connectivity index (χ1v) is 11.3. The fourth-order valence-corrected chi connectivity index (χ4v) is 5.47. The van der Waals surface area contributed by atoms with Crippen LogP contribution in [0, 0.1) is 5.41 Å². The predicted molar refractivity (Wildman–Crippen MR) is 110 cm³/mol. The lowest BCUT2D eigenvalue weighted by Crippen LogP contribution is -2.69. The summed E-state index contributed by atoms with van der Waals surface area (Å²) in [4.78, 5) is 23.6. The lowest BCUT2D eigenvalue weighted by Gasteiger charge is -2.61. The normalized spacial score (nSPS) is 30.3. The number of guanidine groups is 1. The van der Waals surface area contributed by atoms with Crippen molar-refractivity contribution in [3.8, 4) is 0 Å². The molecule has 1 amide bonds. The van der Waals surface area contributed by atoms with E-state index in [1.165, 1.54) is 19.3 Å². The second-order valence-corrected chi connectivity index (χ2v) is 8.86. The summed E-state index contributed by atoms with van der Waals surface area (Å²) < 4.78 is 5.98. The van der Waals surface area contributed by atoms with Gasteiger partial charge in [-0.15, -0.1) is 0 Å². The van der Waals surface area contributed by atoms with Crippen LogP contribution in [0.1, 0.15) is 45.4 Å². The Balaban J connectivity index is 1.25. The van der Waals surface area contributed by atoms with Crippen LogP contribution in [0.15, 0.2) is 4.99 Å². The van der Waals surface area contributed by atoms with Gasteiger partial charge >= 0.3 is 0 Å². The van der Waals surface area contributed by atoms with Gasteiger partial charge in [0, 0.05) is 64.4 Å². The number of carbonyl (C=O) groups is 1. The van der Waals surface area contributed by atoms with E-state index in [9.17, 15) is 4.79 Å². The number of hydrogen-bond acceptors (Lipinski definition) is 4. The zero-order valence-electron chi connectivity index (χ0n) is 17.7. The van der Waals surface area contributed by atoms with Crippen LogP contribution < -0.4 is 5.32 Å². The van der Waals surface area contributed by atoms with Gasteiger partial charge in [-0.2, -0.15) is 0 Å². The molecule has 2 saturated heterocycles. The Bertz CT molecular complexity index is 577. The number of carbonyl (C=O) groups excluding carboxylic acids is 1. The number of nitrogens with one attached hydrogen (secondary N) is 1. The van der Waals surface area contributed by atoms with Gasteiger partial charge in [0.1, 0.15) is 0 Å². The van der Waals surface area contributed by atoms with Crippen LogP contribution in [0.25, 0.3) is 0 Å². The van der Waals surface area contributed by atoms with Crippen LogP contribution in [0.5, 0.6) is 0 Å². The monoisotopic (exact) mass is 391 g/mol. The van der Waals surface area contributed by atoms with E-state index < -0.39 is 0 Å². The van der Waals surface area contributed by atoms with Crippen molar-refractivity contribution in [3.63, 3.8) is 0 Å². The van der Waals surface area contributed by atoms with Gasteiger partial charge in [0.15, 0.2) is 5.96 Å². The minimum Gasteiger partial charge on any atom is -0.378 e. The average Bonchev–Trinajstić information content (AvgIpc) is 3.18. The molecule has 1 spiro atoms. The van der Waals surface area contributed by atoms with Crippen molar-refractivity contribution in [1.82, 2.24) is 20.0 Å². The van der Waals surface area contributed by atoms with E-state index in [0.29, 0.717) is 30.0 Å². The molecule has 2 heterocycles. The van der Waals surface area contributed by atoms with Crippen molar-refractivity contribution in [2.75, 3.05) is 59.5 Å². The molecule has 2 saturated carbocycles. The summed E-state index contributed by atoms with van der Waals surface area (Å²) in [5.41, 5.74) is 0.343. The van der Waals surface area contributed by atoms with Gasteiger partial charge in [-0.3, -0.25) is 14.7 Å². The number of likely N-dealkylation sites (tertiary alicyclic amines) is 1. The molecule has 2 atom stereocenters. The van der Waals surface area contributed by atoms with Gasteiger partial charge in [0.2, 0.25) is 5.91 Å². The molecular formula is C21H37N5O2. The van der Waals surface area contributed by atoms with Crippen molar-refractivity contribution >= 4 is 11.9 Å². The molecule has 1 N–H and O–H groups in total. The molecule has 2 unspecified atom stereocenters. The van der Waals surface area contributed by atoms with Crippen molar-refractivity contribution in [2.45, 2.75) is 57.6 Å². The topological polar surface area (TPSA) is 60.4 Å². The first-order valence-electron chi connectivity index (χ1n) is 11.3. The third-order valence-electron chi connectivity index (χ3n) is 7.44. The van der Waals surface area contributed by atoms with E-state index in [0.717, 1.165) is 71.1 Å². The summed E-state index contributed by atoms with van der Waals surface area (Å²) >= 11 is 0. The Morgan fingerprint density at radius 2 is 1.79 bits per heavy atom. The number of aliphatic imine (C=N–C) groups is 1. The zero-order chi connectivity index (χ0) is 19.6. The summed E-state index contributed by atoms with van der Waals surface area (Å²) in [5.74, 6) is 1.33. The highest BCUT2D eigenvalue weighted by molar-refractivity contribution is 5.81. The Morgan fingerprint density at radius 3 is 2.36 bits per heavy atom. The zero-order valence-corrected chi connectivity index (χ0v) is 17.7. The highest BCUT2D eigenvalue weighted by Crippen LogP contribution is 2.57. The predicted octanol–water partition coefficient (Wildman–Crippen LogP) is 1.15. The van der Waals surface area contributed by atoms with Crippen LogP contribution in [0.3, 0.4) is 0 Å². The smallest absolute Gasteiger partial charge is 0.236 e. The number of rotatable bonds is 5. The lowest BCUT2D eigenvalue weighted by atomic mass is 9.51. The Kier molecular flexibility index (Phi) is 6.11. The van der Waals surface area contributed by atoms with Crippen molar-refractivity contribution < 1.29 is 9.53 Å². The summed E-state index contributed by atoms with van der Waals surface area (Å²) in [6, 6.07) is 0.492. The van der Waals surface area contributed by atoms with Crippen molar-refractivity contribution in [3.05, 3.63) is 0 Å². The number of hydrogen-bond donors (Lipinski definition) is 1. The van der Waals surface area contributed by atoms with Crippen molar-refractivity contribution in [1.29, 1.82) is 0 Å². The molecule has 28 heavy (non-hydrogen) atoms. The Morgan fingerprint density at radius 1 is 1.07 bits per heavy atom. The SMILES string of the molecule is CCOC1CC(NC(=NC)N2CCN(CC(=O)N3CCCC3)CC2)C12CCC2. The third kappa shape index (κ3) is 3.75. The van der Waals surface area contributed by atoms with Gasteiger partial charge in [-0.05, 0) is 39.0 Å². The first kappa shape index (κ1) is 20.0. The molecule has 0 bridgehead atoms. The molecule has 0 aromatic rings. The quantitative estimate of drug-likeness (QED) is 0.563. The largest absolute Gasteiger partial charge is 0.378 e. The van der Waals surface area contributed by atoms with Gasteiger partial charge in [0.25, 0.3) is 0 Å². The van der Waals surface area contributed by atoms with Crippen LogP contribution in [-0.4, -0.2) is 98.2 Å². The molecule has 4 rings (SSSR count). The third-order valence-corrected chi connectivity index (χ3v) is 7.44. The maximum Gasteiger partial charge on any atom is 0.236 e. The summed E-state index contributed by atoms with van der Waals surface area (Å²) in [7, 11) is 1.89. The minimum atomic E-state index is 0.303. The van der Waals surface area contributed by atoms with Crippen LogP contribution in [-0.2, 0) is 9.53 Å². The van der Waals surface area contributed by atoms with Crippen molar-refractivity contribution in [2.24, 2.45) is 10.4 Å². The van der Waals surface area contributed by atoms with E-state index >= 15 is 0 Å². The molecule has 7 heteroatoms. The second kappa shape index (κ2) is 8.57. The van der Waals surface area contributed by atoms with E-state index in [-0.39, 0.29) is 0 Å². The molecule has 4 aliphatic rings. The molecule has 0 aromatic carbocycles. The van der Waals surface area contributed by atoms with Gasteiger partial charge in [-0.25, -0.2) is 0 Å². The molecular weight excluding hydrogens is 354 g/mol. The average molecular weight is 392 g/mol. The first-order chi connectivity index (χ1) is 13.7. The lowest BCUT2D eigenvalue weighted by molar-refractivity contribution is -0.169. The molecule has 0 aromatic heterocycles. The van der Waals surface area contributed by atoms with Crippen LogP contribution in [0.4, 0.5) is 0 Å². The van der Waals surface area contributed by atoms with Gasteiger partial charge < -0.3 is 19.9 Å². The maximum absolute atomic E-state index is 12.4. The van der Waals surface area contributed by atoms with E-state index in [4.69, 9.17) is 4.74 Å².